The lowest BCUT2D eigenvalue weighted by atomic mass is 10.1. The van der Waals surface area contributed by atoms with Gasteiger partial charge in [-0.25, -0.2) is 4.98 Å². The molecule has 0 atom stereocenters. The normalized spacial score (nSPS) is 10.7. The summed E-state index contributed by atoms with van der Waals surface area (Å²) in [6, 6.07) is 20.0. The van der Waals surface area contributed by atoms with E-state index in [0.29, 0.717) is 27.6 Å². The average Bonchev–Trinajstić information content (AvgIpc) is 3.12. The number of halogens is 1. The summed E-state index contributed by atoms with van der Waals surface area (Å²) in [6.45, 7) is 1.88. The summed E-state index contributed by atoms with van der Waals surface area (Å²) >= 11 is 11.2. The van der Waals surface area contributed by atoms with Gasteiger partial charge >= 0.3 is 0 Å². The highest BCUT2D eigenvalue weighted by Gasteiger charge is 2.11. The fourth-order valence-corrected chi connectivity index (χ4v) is 3.26. The van der Waals surface area contributed by atoms with Crippen LogP contribution in [-0.2, 0) is 0 Å². The lowest BCUT2D eigenvalue weighted by Gasteiger charge is -2.11. The Morgan fingerprint density at radius 2 is 1.83 bits per heavy atom. The summed E-state index contributed by atoms with van der Waals surface area (Å²) in [7, 11) is 0. The molecule has 29 heavy (non-hydrogen) atoms. The van der Waals surface area contributed by atoms with Crippen molar-refractivity contribution in [2.75, 3.05) is 5.32 Å². The summed E-state index contributed by atoms with van der Waals surface area (Å²) in [5.41, 5.74) is 4.40. The minimum atomic E-state index is -0.248. The molecule has 4 aromatic rings. The van der Waals surface area contributed by atoms with Gasteiger partial charge in [0.1, 0.15) is 5.52 Å². The Hall–Kier alpha value is -3.22. The van der Waals surface area contributed by atoms with Crippen LogP contribution in [0.2, 0.25) is 5.02 Å². The van der Waals surface area contributed by atoms with Gasteiger partial charge in [-0.15, -0.1) is 0 Å². The number of oxazole rings is 1. The number of amides is 1. The SMILES string of the molecule is Cc1ccccc1C(=O)NC(=S)Nc1ccc(-c2nc3cc(Cl)ccc3o2)cc1. The molecule has 0 unspecified atom stereocenters. The lowest BCUT2D eigenvalue weighted by Crippen LogP contribution is -2.34. The van der Waals surface area contributed by atoms with Gasteiger partial charge in [-0.05, 0) is 73.2 Å². The van der Waals surface area contributed by atoms with E-state index in [1.807, 2.05) is 49.4 Å². The molecule has 0 aliphatic rings. The smallest absolute Gasteiger partial charge is 0.257 e. The Balaban J connectivity index is 1.44. The van der Waals surface area contributed by atoms with Gasteiger partial charge in [0.05, 0.1) is 0 Å². The van der Waals surface area contributed by atoms with Crippen molar-refractivity contribution in [3.05, 3.63) is 82.9 Å². The molecule has 0 saturated heterocycles. The van der Waals surface area contributed by atoms with Crippen LogP contribution in [0.3, 0.4) is 0 Å². The van der Waals surface area contributed by atoms with Crippen LogP contribution >= 0.6 is 23.8 Å². The Kier molecular flexibility index (Phi) is 5.29. The number of hydrogen-bond donors (Lipinski definition) is 2. The van der Waals surface area contributed by atoms with Gasteiger partial charge in [-0.3, -0.25) is 10.1 Å². The van der Waals surface area contributed by atoms with E-state index in [1.165, 1.54) is 0 Å². The Labute approximate surface area is 177 Å². The van der Waals surface area contributed by atoms with Crippen molar-refractivity contribution in [3.63, 3.8) is 0 Å². The van der Waals surface area contributed by atoms with Crippen LogP contribution in [0.1, 0.15) is 15.9 Å². The second kappa shape index (κ2) is 8.03. The molecule has 0 saturated carbocycles. The first-order valence-electron chi connectivity index (χ1n) is 8.84. The van der Waals surface area contributed by atoms with Gasteiger partial charge in [-0.1, -0.05) is 29.8 Å². The molecule has 5 nitrogen and oxygen atoms in total. The fraction of sp³-hybridized carbons (Fsp3) is 0.0455. The Bertz CT molecular complexity index is 1220. The number of nitrogens with one attached hydrogen (secondary N) is 2. The predicted molar refractivity (Wildman–Crippen MR) is 119 cm³/mol. The Morgan fingerprint density at radius 1 is 1.07 bits per heavy atom. The molecule has 0 aliphatic heterocycles. The molecule has 0 radical (unpaired) electrons. The molecule has 4 rings (SSSR count). The highest BCUT2D eigenvalue weighted by Crippen LogP contribution is 2.27. The third-order valence-corrected chi connectivity index (χ3v) is 4.80. The highest BCUT2D eigenvalue weighted by atomic mass is 35.5. The van der Waals surface area contributed by atoms with Crippen LogP contribution in [0.5, 0.6) is 0 Å². The van der Waals surface area contributed by atoms with Crippen molar-refractivity contribution < 1.29 is 9.21 Å². The molecule has 0 bridgehead atoms. The van der Waals surface area contributed by atoms with Gasteiger partial charge in [0, 0.05) is 21.8 Å². The second-order valence-corrected chi connectivity index (χ2v) is 7.28. The molecule has 0 spiro atoms. The first-order valence-corrected chi connectivity index (χ1v) is 9.63. The molecule has 144 valence electrons. The van der Waals surface area contributed by atoms with Gasteiger partial charge in [0.25, 0.3) is 5.91 Å². The quantitative estimate of drug-likeness (QED) is 0.422. The maximum Gasteiger partial charge on any atom is 0.257 e. The summed E-state index contributed by atoms with van der Waals surface area (Å²) in [4.78, 5) is 16.8. The predicted octanol–water partition coefficient (Wildman–Crippen LogP) is 5.58. The summed E-state index contributed by atoms with van der Waals surface area (Å²) in [5.74, 6) is 0.256. The number of benzene rings is 3. The second-order valence-electron chi connectivity index (χ2n) is 6.43. The van der Waals surface area contributed by atoms with E-state index in [9.17, 15) is 4.79 Å². The van der Waals surface area contributed by atoms with Crippen LogP contribution < -0.4 is 10.6 Å². The first kappa shape index (κ1) is 19.1. The van der Waals surface area contributed by atoms with Crippen LogP contribution in [0.15, 0.2) is 71.1 Å². The summed E-state index contributed by atoms with van der Waals surface area (Å²) < 4.78 is 5.77. The highest BCUT2D eigenvalue weighted by molar-refractivity contribution is 7.80. The molecule has 1 aromatic heterocycles. The topological polar surface area (TPSA) is 67.2 Å². The van der Waals surface area contributed by atoms with E-state index >= 15 is 0 Å². The summed E-state index contributed by atoms with van der Waals surface area (Å²) in [5, 5.41) is 6.53. The Morgan fingerprint density at radius 3 is 2.59 bits per heavy atom. The maximum atomic E-state index is 12.3. The molecule has 0 aliphatic carbocycles. The van der Waals surface area contributed by atoms with Crippen molar-refractivity contribution >= 4 is 51.6 Å². The zero-order chi connectivity index (χ0) is 20.4. The van der Waals surface area contributed by atoms with Gasteiger partial charge < -0.3 is 9.73 Å². The standard InChI is InChI=1S/C22H16ClN3O2S/c1-13-4-2-3-5-17(13)20(27)26-22(29)24-16-9-6-14(7-10-16)21-25-18-12-15(23)8-11-19(18)28-21/h2-12H,1H3,(H2,24,26,27,29). The van der Waals surface area contributed by atoms with Gasteiger partial charge in [0.2, 0.25) is 5.89 Å². The van der Waals surface area contributed by atoms with E-state index in [4.69, 9.17) is 28.2 Å². The van der Waals surface area contributed by atoms with Crippen LogP contribution in [-0.4, -0.2) is 16.0 Å². The lowest BCUT2D eigenvalue weighted by molar-refractivity contribution is 0.0977. The van der Waals surface area contributed by atoms with Crippen molar-refractivity contribution in [2.45, 2.75) is 6.92 Å². The minimum absolute atomic E-state index is 0.225. The number of anilines is 1. The number of nitrogens with zero attached hydrogens (tertiary/aromatic N) is 1. The number of carbonyl (C=O) groups is 1. The maximum absolute atomic E-state index is 12.3. The molecular formula is C22H16ClN3O2S. The van der Waals surface area contributed by atoms with E-state index in [-0.39, 0.29) is 11.0 Å². The molecular weight excluding hydrogens is 406 g/mol. The van der Waals surface area contributed by atoms with Crippen molar-refractivity contribution in [1.29, 1.82) is 0 Å². The zero-order valence-corrected chi connectivity index (χ0v) is 17.0. The molecule has 2 N–H and O–H groups in total. The average molecular weight is 422 g/mol. The first-order chi connectivity index (χ1) is 14.0. The molecule has 0 fully saturated rings. The molecule has 1 amide bonds. The van der Waals surface area contributed by atoms with E-state index in [0.717, 1.165) is 16.8 Å². The number of aromatic nitrogens is 1. The van der Waals surface area contributed by atoms with Crippen molar-refractivity contribution in [1.82, 2.24) is 10.3 Å². The van der Waals surface area contributed by atoms with E-state index in [1.54, 1.807) is 24.3 Å². The van der Waals surface area contributed by atoms with Gasteiger partial charge in [0.15, 0.2) is 10.7 Å². The van der Waals surface area contributed by atoms with E-state index < -0.39 is 0 Å². The van der Waals surface area contributed by atoms with Crippen LogP contribution in [0.25, 0.3) is 22.6 Å². The number of fused-ring (bicyclic) bond motifs is 1. The third-order valence-electron chi connectivity index (χ3n) is 4.36. The zero-order valence-electron chi connectivity index (χ0n) is 15.4. The van der Waals surface area contributed by atoms with Gasteiger partial charge in [-0.2, -0.15) is 0 Å². The summed E-state index contributed by atoms with van der Waals surface area (Å²) in [6.07, 6.45) is 0. The largest absolute Gasteiger partial charge is 0.436 e. The van der Waals surface area contributed by atoms with Crippen molar-refractivity contribution in [2.24, 2.45) is 0 Å². The molecule has 3 aromatic carbocycles. The fourth-order valence-electron chi connectivity index (χ4n) is 2.88. The number of carbonyl (C=O) groups excluding carboxylic acids is 1. The number of thiocarbonyl (C=S) groups is 1. The number of rotatable bonds is 3. The number of hydrogen-bond acceptors (Lipinski definition) is 4. The van der Waals surface area contributed by atoms with Crippen molar-refractivity contribution in [3.8, 4) is 11.5 Å². The molecule has 7 heteroatoms. The van der Waals surface area contributed by atoms with Crippen LogP contribution in [0.4, 0.5) is 5.69 Å². The monoisotopic (exact) mass is 421 g/mol. The number of aryl methyl sites for hydroxylation is 1. The van der Waals surface area contributed by atoms with Crippen LogP contribution in [0, 0.1) is 6.92 Å². The minimum Gasteiger partial charge on any atom is -0.436 e. The third kappa shape index (κ3) is 4.29. The molecule has 1 heterocycles. The van der Waals surface area contributed by atoms with E-state index in [2.05, 4.69) is 15.6 Å².